The number of sulfonamides is 1. The van der Waals surface area contributed by atoms with Crippen LogP contribution in [0.15, 0.2) is 48.5 Å². The highest BCUT2D eigenvalue weighted by Gasteiger charge is 2.21. The highest BCUT2D eigenvalue weighted by molar-refractivity contribution is 7.92. The first-order valence-electron chi connectivity index (χ1n) is 9.92. The number of methoxy groups -OCH3 is 1. The van der Waals surface area contributed by atoms with Crippen LogP contribution >= 0.6 is 0 Å². The second-order valence-electron chi connectivity index (χ2n) is 7.14. The van der Waals surface area contributed by atoms with E-state index in [9.17, 15) is 13.2 Å². The number of nitrogens with one attached hydrogen (secondary N) is 1. The molecule has 31 heavy (non-hydrogen) atoms. The monoisotopic (exact) mass is 450 g/mol. The van der Waals surface area contributed by atoms with Gasteiger partial charge in [-0.3, -0.25) is 9.10 Å². The molecule has 2 aromatic rings. The standard InChI is InChI=1S/C22H30N2O6S/c1-6-21(30-20-9-7-17(8-10-20)24(3)31(5,26)27)22(25)23-16(2)15-29-19-13-11-18(28-4)12-14-19/h7-14,16,21H,6,15H2,1-5H3,(H,23,25)/t16-,21+/m1/s1. The second kappa shape index (κ2) is 10.9. The van der Waals surface area contributed by atoms with E-state index in [0.29, 0.717) is 30.2 Å². The fraction of sp³-hybridized carbons (Fsp3) is 0.409. The van der Waals surface area contributed by atoms with E-state index in [4.69, 9.17) is 14.2 Å². The number of carbonyl (C=O) groups excluding carboxylic acids is 1. The summed E-state index contributed by atoms with van der Waals surface area (Å²) < 4.78 is 41.0. The van der Waals surface area contributed by atoms with Gasteiger partial charge < -0.3 is 19.5 Å². The molecule has 0 saturated heterocycles. The van der Waals surface area contributed by atoms with Crippen molar-refractivity contribution in [1.29, 1.82) is 0 Å². The third-order valence-electron chi connectivity index (χ3n) is 4.59. The maximum atomic E-state index is 12.6. The van der Waals surface area contributed by atoms with Gasteiger partial charge in [-0.1, -0.05) is 6.92 Å². The first-order chi connectivity index (χ1) is 14.6. The van der Waals surface area contributed by atoms with Gasteiger partial charge in [-0.05, 0) is 61.9 Å². The molecule has 9 heteroatoms. The highest BCUT2D eigenvalue weighted by atomic mass is 32.2. The van der Waals surface area contributed by atoms with Gasteiger partial charge in [-0.25, -0.2) is 8.42 Å². The predicted octanol–water partition coefficient (Wildman–Crippen LogP) is 2.83. The van der Waals surface area contributed by atoms with Crippen molar-refractivity contribution in [3.8, 4) is 17.2 Å². The molecule has 0 unspecified atom stereocenters. The summed E-state index contributed by atoms with van der Waals surface area (Å²) in [6.45, 7) is 4.01. The van der Waals surface area contributed by atoms with Crippen molar-refractivity contribution in [3.05, 3.63) is 48.5 Å². The maximum Gasteiger partial charge on any atom is 0.261 e. The molecular formula is C22H30N2O6S. The second-order valence-corrected chi connectivity index (χ2v) is 9.15. The first kappa shape index (κ1) is 24.3. The Kier molecular flexibility index (Phi) is 8.56. The lowest BCUT2D eigenvalue weighted by Crippen LogP contribution is -2.44. The number of rotatable bonds is 11. The topological polar surface area (TPSA) is 94.2 Å². The Morgan fingerprint density at radius 3 is 2.10 bits per heavy atom. The zero-order valence-corrected chi connectivity index (χ0v) is 19.3. The molecule has 1 amide bonds. The van der Waals surface area contributed by atoms with Crippen LogP contribution in [0.25, 0.3) is 0 Å². The number of carbonyl (C=O) groups is 1. The lowest BCUT2D eigenvalue weighted by molar-refractivity contribution is -0.128. The summed E-state index contributed by atoms with van der Waals surface area (Å²) in [6.07, 6.45) is 0.930. The van der Waals surface area contributed by atoms with Crippen molar-refractivity contribution < 1.29 is 27.4 Å². The molecule has 2 rings (SSSR count). The molecule has 0 aromatic heterocycles. The van der Waals surface area contributed by atoms with Gasteiger partial charge >= 0.3 is 0 Å². The van der Waals surface area contributed by atoms with E-state index in [2.05, 4.69) is 5.32 Å². The van der Waals surface area contributed by atoms with E-state index in [1.54, 1.807) is 55.6 Å². The SMILES string of the molecule is CC[C@H](Oc1ccc(N(C)S(C)(=O)=O)cc1)C(=O)N[C@H](C)COc1ccc(OC)cc1. The molecule has 2 aromatic carbocycles. The van der Waals surface area contributed by atoms with Gasteiger partial charge in [0.15, 0.2) is 6.10 Å². The van der Waals surface area contributed by atoms with Crippen LogP contribution in [0.4, 0.5) is 5.69 Å². The van der Waals surface area contributed by atoms with Crippen LogP contribution in [-0.2, 0) is 14.8 Å². The van der Waals surface area contributed by atoms with Crippen LogP contribution < -0.4 is 23.8 Å². The van der Waals surface area contributed by atoms with E-state index < -0.39 is 16.1 Å². The number of nitrogens with zero attached hydrogens (tertiary/aromatic N) is 1. The van der Waals surface area contributed by atoms with Gasteiger partial charge in [0, 0.05) is 7.05 Å². The zero-order valence-electron chi connectivity index (χ0n) is 18.5. The van der Waals surface area contributed by atoms with Crippen LogP contribution in [0.5, 0.6) is 17.2 Å². The van der Waals surface area contributed by atoms with Crippen LogP contribution in [0, 0.1) is 0 Å². The molecule has 1 N–H and O–H groups in total. The van der Waals surface area contributed by atoms with Gasteiger partial charge in [0.05, 0.1) is 25.1 Å². The minimum Gasteiger partial charge on any atom is -0.497 e. The molecule has 0 spiro atoms. The Hall–Kier alpha value is -2.94. The fourth-order valence-corrected chi connectivity index (χ4v) is 3.19. The molecule has 0 saturated carbocycles. The summed E-state index contributed by atoms with van der Waals surface area (Å²) in [4.78, 5) is 12.6. The minimum atomic E-state index is -3.34. The van der Waals surface area contributed by atoms with Crippen molar-refractivity contribution in [2.24, 2.45) is 0 Å². The third-order valence-corrected chi connectivity index (χ3v) is 5.79. The van der Waals surface area contributed by atoms with Crippen molar-refractivity contribution in [1.82, 2.24) is 5.32 Å². The van der Waals surface area contributed by atoms with Crippen molar-refractivity contribution in [3.63, 3.8) is 0 Å². The van der Waals surface area contributed by atoms with Crippen LogP contribution in [0.1, 0.15) is 20.3 Å². The van der Waals surface area contributed by atoms with Gasteiger partial charge in [0.1, 0.15) is 23.9 Å². The number of amides is 1. The molecule has 0 fully saturated rings. The maximum absolute atomic E-state index is 12.6. The van der Waals surface area contributed by atoms with Crippen molar-refractivity contribution in [2.45, 2.75) is 32.4 Å². The molecule has 0 aliphatic heterocycles. The Labute approximate surface area is 184 Å². The smallest absolute Gasteiger partial charge is 0.261 e. The fourth-order valence-electron chi connectivity index (χ4n) is 2.68. The largest absolute Gasteiger partial charge is 0.497 e. The van der Waals surface area contributed by atoms with Gasteiger partial charge in [0.2, 0.25) is 10.0 Å². The number of benzene rings is 2. The number of hydrogen-bond acceptors (Lipinski definition) is 6. The average Bonchev–Trinajstić information content (AvgIpc) is 2.75. The minimum absolute atomic E-state index is 0.224. The van der Waals surface area contributed by atoms with Gasteiger partial charge in [0.25, 0.3) is 5.91 Å². The molecule has 170 valence electrons. The summed E-state index contributed by atoms with van der Waals surface area (Å²) in [5.41, 5.74) is 0.511. The first-order valence-corrected chi connectivity index (χ1v) is 11.8. The van der Waals surface area contributed by atoms with Crippen LogP contribution in [0.3, 0.4) is 0 Å². The summed E-state index contributed by atoms with van der Waals surface area (Å²) in [5.74, 6) is 1.66. The molecule has 0 heterocycles. The lowest BCUT2D eigenvalue weighted by Gasteiger charge is -2.21. The quantitative estimate of drug-likeness (QED) is 0.566. The van der Waals surface area contributed by atoms with E-state index in [-0.39, 0.29) is 11.9 Å². The summed E-state index contributed by atoms with van der Waals surface area (Å²) >= 11 is 0. The molecule has 0 radical (unpaired) electrons. The molecule has 2 atom stereocenters. The number of hydrogen-bond donors (Lipinski definition) is 1. The molecule has 0 bridgehead atoms. The molecule has 0 aliphatic carbocycles. The third kappa shape index (κ3) is 7.36. The Morgan fingerprint density at radius 2 is 1.58 bits per heavy atom. The summed E-state index contributed by atoms with van der Waals surface area (Å²) in [7, 11) is -0.268. The normalized spacial score (nSPS) is 13.1. The Morgan fingerprint density at radius 1 is 1.03 bits per heavy atom. The van der Waals surface area contributed by atoms with Crippen molar-refractivity contribution >= 4 is 21.6 Å². The Bertz CT molecular complexity index is 945. The molecule has 8 nitrogen and oxygen atoms in total. The highest BCUT2D eigenvalue weighted by Crippen LogP contribution is 2.22. The average molecular weight is 451 g/mol. The summed E-state index contributed by atoms with van der Waals surface area (Å²) in [5, 5.41) is 2.89. The van der Waals surface area contributed by atoms with E-state index >= 15 is 0 Å². The molecule has 0 aliphatic rings. The van der Waals surface area contributed by atoms with Crippen LogP contribution in [-0.4, -0.2) is 53.5 Å². The summed E-state index contributed by atoms with van der Waals surface area (Å²) in [6, 6.07) is 13.5. The number of anilines is 1. The number of ether oxygens (including phenoxy) is 3. The lowest BCUT2D eigenvalue weighted by atomic mass is 10.2. The zero-order chi connectivity index (χ0) is 23.0. The van der Waals surface area contributed by atoms with Crippen LogP contribution in [0.2, 0.25) is 0 Å². The van der Waals surface area contributed by atoms with E-state index in [0.717, 1.165) is 12.0 Å². The van der Waals surface area contributed by atoms with Crippen molar-refractivity contribution in [2.75, 3.05) is 31.3 Å². The van der Waals surface area contributed by atoms with Gasteiger partial charge in [-0.2, -0.15) is 0 Å². The van der Waals surface area contributed by atoms with Gasteiger partial charge in [-0.15, -0.1) is 0 Å². The Balaban J connectivity index is 1.89. The van der Waals surface area contributed by atoms with E-state index in [1.807, 2.05) is 13.8 Å². The van der Waals surface area contributed by atoms with E-state index in [1.165, 1.54) is 11.4 Å². The molecular weight excluding hydrogens is 420 g/mol. The predicted molar refractivity (Wildman–Crippen MR) is 120 cm³/mol.